The van der Waals surface area contributed by atoms with Crippen molar-refractivity contribution in [3.63, 3.8) is 0 Å². The Morgan fingerprint density at radius 2 is 1.89 bits per heavy atom. The second kappa shape index (κ2) is 10.5. The average molecular weight is 497 g/mol. The van der Waals surface area contributed by atoms with E-state index < -0.39 is 17.6 Å². The van der Waals surface area contributed by atoms with Gasteiger partial charge in [-0.2, -0.15) is 0 Å². The highest BCUT2D eigenvalue weighted by Gasteiger charge is 2.43. The predicted molar refractivity (Wildman–Crippen MR) is 133 cm³/mol. The van der Waals surface area contributed by atoms with Crippen LogP contribution in [-0.4, -0.2) is 50.5 Å². The fourth-order valence-electron chi connectivity index (χ4n) is 4.28. The van der Waals surface area contributed by atoms with E-state index in [1.165, 1.54) is 11.8 Å². The third kappa shape index (κ3) is 6.19. The normalized spacial score (nSPS) is 15.9. The number of aromatic nitrogens is 3. The van der Waals surface area contributed by atoms with Crippen LogP contribution < -0.4 is 10.6 Å². The number of rotatable bonds is 7. The summed E-state index contributed by atoms with van der Waals surface area (Å²) in [5.41, 5.74) is 1.47. The zero-order chi connectivity index (χ0) is 25.0. The van der Waals surface area contributed by atoms with Gasteiger partial charge in [-0.3, -0.25) is 9.59 Å². The number of alkyl halides is 1. The first kappa shape index (κ1) is 24.7. The maximum Gasteiger partial charge on any atom is 0.281 e. The van der Waals surface area contributed by atoms with Crippen molar-refractivity contribution in [3.05, 3.63) is 64.6 Å². The number of hydrogen-bond acceptors (Lipinski definition) is 7. The van der Waals surface area contributed by atoms with Gasteiger partial charge in [0, 0.05) is 55.2 Å². The van der Waals surface area contributed by atoms with Gasteiger partial charge in [0.25, 0.3) is 11.7 Å². The summed E-state index contributed by atoms with van der Waals surface area (Å²) in [5, 5.41) is 6.25. The van der Waals surface area contributed by atoms with E-state index >= 15 is 4.39 Å². The highest BCUT2D eigenvalue weighted by Crippen LogP contribution is 2.30. The summed E-state index contributed by atoms with van der Waals surface area (Å²) >= 11 is 1.55. The van der Waals surface area contributed by atoms with Crippen LogP contribution in [0.25, 0.3) is 0 Å². The molecule has 10 heteroatoms. The molecule has 35 heavy (non-hydrogen) atoms. The zero-order valence-electron chi connectivity index (χ0n) is 20.0. The summed E-state index contributed by atoms with van der Waals surface area (Å²) < 4.78 is 15.9. The lowest BCUT2D eigenvalue weighted by atomic mass is 9.94. The molecule has 1 aromatic carbocycles. The van der Waals surface area contributed by atoms with E-state index in [0.717, 1.165) is 15.7 Å². The van der Waals surface area contributed by atoms with Crippen molar-refractivity contribution in [2.75, 3.05) is 18.4 Å². The molecular formula is C25H29FN6O2S. The molecule has 8 nitrogen and oxygen atoms in total. The predicted octanol–water partition coefficient (Wildman–Crippen LogP) is 4.04. The van der Waals surface area contributed by atoms with E-state index in [1.54, 1.807) is 41.8 Å². The van der Waals surface area contributed by atoms with Crippen LogP contribution in [0.2, 0.25) is 0 Å². The number of thiazole rings is 1. The second-order valence-corrected chi connectivity index (χ2v) is 10.1. The topological polar surface area (TPSA) is 100 Å². The van der Waals surface area contributed by atoms with Gasteiger partial charge < -0.3 is 15.5 Å². The van der Waals surface area contributed by atoms with Gasteiger partial charge in [0.05, 0.1) is 0 Å². The van der Waals surface area contributed by atoms with E-state index in [9.17, 15) is 9.59 Å². The fraction of sp³-hybridized carbons (Fsp3) is 0.400. The summed E-state index contributed by atoms with van der Waals surface area (Å²) in [6.07, 6.45) is 2.79. The minimum absolute atomic E-state index is 0.0430. The van der Waals surface area contributed by atoms with Crippen molar-refractivity contribution in [1.29, 1.82) is 0 Å². The summed E-state index contributed by atoms with van der Waals surface area (Å²) in [6, 6.07) is 10.7. The lowest BCUT2D eigenvalue weighted by Crippen LogP contribution is -2.58. The maximum atomic E-state index is 15.9. The van der Waals surface area contributed by atoms with Gasteiger partial charge in [-0.05, 0) is 32.3 Å². The number of carbonyl (C=O) groups excluding carboxylic acids is 2. The van der Waals surface area contributed by atoms with Gasteiger partial charge in [0.2, 0.25) is 5.91 Å². The van der Waals surface area contributed by atoms with E-state index in [-0.39, 0.29) is 12.3 Å². The first-order valence-corrected chi connectivity index (χ1v) is 12.4. The first-order chi connectivity index (χ1) is 16.7. The standard InChI is InChI=1S/C25H29FN6O2S/c1-16-13-21(30-24-27-15-17(2)35-24)29-22(28-16)20-9-11-32(12-10-20)23(34)25(26,31-18(3)33)14-19-7-5-4-6-8-19/h4-8,13,15,20H,9-12,14H2,1-3H3,(H,31,33)(H,27,28,29,30). The number of aryl methyl sites for hydroxylation is 2. The van der Waals surface area contributed by atoms with Gasteiger partial charge in [-0.15, -0.1) is 11.3 Å². The molecule has 1 aliphatic heterocycles. The van der Waals surface area contributed by atoms with Crippen molar-refractivity contribution < 1.29 is 14.0 Å². The Labute approximate surface area is 208 Å². The molecule has 2 aromatic heterocycles. The van der Waals surface area contributed by atoms with Crippen molar-refractivity contribution in [1.82, 2.24) is 25.2 Å². The number of halogens is 1. The lowest BCUT2D eigenvalue weighted by molar-refractivity contribution is -0.151. The molecule has 0 aliphatic carbocycles. The van der Waals surface area contributed by atoms with E-state index in [2.05, 4.69) is 25.6 Å². The largest absolute Gasteiger partial charge is 0.338 e. The summed E-state index contributed by atoms with van der Waals surface area (Å²) in [4.78, 5) is 41.1. The van der Waals surface area contributed by atoms with Crippen LogP contribution in [0, 0.1) is 13.8 Å². The Morgan fingerprint density at radius 1 is 1.17 bits per heavy atom. The maximum absolute atomic E-state index is 15.9. The number of benzene rings is 1. The van der Waals surface area contributed by atoms with Crippen LogP contribution in [0.3, 0.4) is 0 Å². The van der Waals surface area contributed by atoms with E-state index in [4.69, 9.17) is 0 Å². The van der Waals surface area contributed by atoms with Crippen molar-refractivity contribution in [2.24, 2.45) is 0 Å². The molecule has 2 amide bonds. The molecule has 1 fully saturated rings. The molecule has 1 unspecified atom stereocenters. The molecule has 1 saturated heterocycles. The average Bonchev–Trinajstić information content (AvgIpc) is 3.22. The molecular weight excluding hydrogens is 467 g/mol. The van der Waals surface area contributed by atoms with Crippen LogP contribution in [0.15, 0.2) is 42.6 Å². The van der Waals surface area contributed by atoms with Gasteiger partial charge in [-0.25, -0.2) is 19.3 Å². The minimum atomic E-state index is -2.50. The van der Waals surface area contributed by atoms with Gasteiger partial charge in [-0.1, -0.05) is 30.3 Å². The SMILES string of the molecule is CC(=O)NC(F)(Cc1ccccc1)C(=O)N1CCC(c2nc(C)cc(Nc3ncc(C)s3)n2)CC1. The Hall–Kier alpha value is -3.40. The molecule has 0 radical (unpaired) electrons. The van der Waals surface area contributed by atoms with E-state index in [0.29, 0.717) is 43.1 Å². The smallest absolute Gasteiger partial charge is 0.281 e. The number of nitrogens with zero attached hydrogens (tertiary/aromatic N) is 4. The Bertz CT molecular complexity index is 1200. The summed E-state index contributed by atoms with van der Waals surface area (Å²) in [7, 11) is 0. The van der Waals surface area contributed by atoms with Crippen LogP contribution in [-0.2, 0) is 16.0 Å². The highest BCUT2D eigenvalue weighted by molar-refractivity contribution is 7.15. The van der Waals surface area contributed by atoms with Crippen LogP contribution in [0.4, 0.5) is 15.3 Å². The summed E-state index contributed by atoms with van der Waals surface area (Å²) in [6.45, 7) is 5.83. The van der Waals surface area contributed by atoms with Crippen molar-refractivity contribution in [2.45, 2.75) is 51.7 Å². The molecule has 1 aliphatic rings. The molecule has 0 bridgehead atoms. The third-order valence-electron chi connectivity index (χ3n) is 5.88. The summed E-state index contributed by atoms with van der Waals surface area (Å²) in [5.74, 6) is -2.39. The van der Waals surface area contributed by atoms with Gasteiger partial charge >= 0.3 is 0 Å². The molecule has 2 N–H and O–H groups in total. The lowest BCUT2D eigenvalue weighted by Gasteiger charge is -2.36. The highest BCUT2D eigenvalue weighted by atomic mass is 32.1. The van der Waals surface area contributed by atoms with Crippen molar-refractivity contribution in [3.8, 4) is 0 Å². The Balaban J connectivity index is 1.44. The Kier molecular flexibility index (Phi) is 7.39. The molecule has 0 spiro atoms. The number of anilines is 2. The molecule has 4 rings (SSSR count). The number of hydrogen-bond donors (Lipinski definition) is 2. The fourth-order valence-corrected chi connectivity index (χ4v) is 4.95. The van der Waals surface area contributed by atoms with E-state index in [1.807, 2.05) is 26.0 Å². The number of likely N-dealkylation sites (tertiary alicyclic amines) is 1. The Morgan fingerprint density at radius 3 is 2.51 bits per heavy atom. The number of piperidine rings is 1. The molecule has 184 valence electrons. The second-order valence-electron chi connectivity index (χ2n) is 8.87. The molecule has 3 aromatic rings. The van der Waals surface area contributed by atoms with Gasteiger partial charge in [0.1, 0.15) is 11.6 Å². The van der Waals surface area contributed by atoms with Crippen LogP contribution in [0.5, 0.6) is 0 Å². The van der Waals surface area contributed by atoms with Crippen molar-refractivity contribution >= 4 is 34.1 Å². The van der Waals surface area contributed by atoms with Crippen LogP contribution in [0.1, 0.15) is 47.6 Å². The number of amides is 2. The molecule has 0 saturated carbocycles. The molecule has 3 heterocycles. The first-order valence-electron chi connectivity index (χ1n) is 11.6. The molecule has 1 atom stereocenters. The van der Waals surface area contributed by atoms with Gasteiger partial charge in [0.15, 0.2) is 5.13 Å². The monoisotopic (exact) mass is 496 g/mol. The number of nitrogens with one attached hydrogen (secondary N) is 2. The zero-order valence-corrected chi connectivity index (χ0v) is 20.9. The third-order valence-corrected chi connectivity index (χ3v) is 6.71. The minimum Gasteiger partial charge on any atom is -0.338 e. The quantitative estimate of drug-likeness (QED) is 0.479. The number of carbonyl (C=O) groups is 2. The van der Waals surface area contributed by atoms with Crippen LogP contribution >= 0.6 is 11.3 Å².